The average Bonchev–Trinajstić information content (AvgIpc) is 3.01. The van der Waals surface area contributed by atoms with Gasteiger partial charge < -0.3 is 19.5 Å². The van der Waals surface area contributed by atoms with Crippen LogP contribution in [0.2, 0.25) is 0 Å². The van der Waals surface area contributed by atoms with Gasteiger partial charge in [-0.2, -0.15) is 0 Å². The van der Waals surface area contributed by atoms with Gasteiger partial charge in [0.1, 0.15) is 11.4 Å². The summed E-state index contributed by atoms with van der Waals surface area (Å²) in [5, 5.41) is 6.90. The van der Waals surface area contributed by atoms with Gasteiger partial charge in [0.05, 0.1) is 13.7 Å². The quantitative estimate of drug-likeness (QED) is 0.849. The van der Waals surface area contributed by atoms with Gasteiger partial charge in [-0.3, -0.25) is 4.79 Å². The lowest BCUT2D eigenvalue weighted by Gasteiger charge is -2.18. The van der Waals surface area contributed by atoms with Crippen LogP contribution in [-0.4, -0.2) is 43.2 Å². The highest BCUT2D eigenvalue weighted by Gasteiger charge is 2.13. The van der Waals surface area contributed by atoms with Crippen molar-refractivity contribution in [2.75, 3.05) is 21.2 Å². The smallest absolute Gasteiger partial charge is 0.221 e. The van der Waals surface area contributed by atoms with Crippen LogP contribution in [0.1, 0.15) is 19.1 Å². The molecule has 0 saturated carbocycles. The summed E-state index contributed by atoms with van der Waals surface area (Å²) < 4.78 is 10.6. The molecule has 0 aliphatic carbocycles. The number of carbonyl (C=O) groups excluding carboxylic acids is 1. The van der Waals surface area contributed by atoms with E-state index in [1.54, 1.807) is 7.11 Å². The van der Waals surface area contributed by atoms with E-state index in [1.807, 2.05) is 56.3 Å². The fourth-order valence-electron chi connectivity index (χ4n) is 2.09. The maximum absolute atomic E-state index is 11.9. The molecule has 1 heterocycles. The van der Waals surface area contributed by atoms with Crippen LogP contribution >= 0.6 is 0 Å². The molecule has 0 saturated heterocycles. The van der Waals surface area contributed by atoms with Crippen molar-refractivity contribution in [2.45, 2.75) is 25.9 Å². The zero-order chi connectivity index (χ0) is 16.8. The molecule has 1 amide bonds. The van der Waals surface area contributed by atoms with E-state index in [1.165, 1.54) is 0 Å². The first-order chi connectivity index (χ1) is 11.0. The van der Waals surface area contributed by atoms with E-state index in [0.717, 1.165) is 11.3 Å². The molecule has 0 fully saturated rings. The summed E-state index contributed by atoms with van der Waals surface area (Å²) in [5.74, 6) is 1.33. The largest absolute Gasteiger partial charge is 0.496 e. The first-order valence-corrected chi connectivity index (χ1v) is 7.53. The molecular formula is C17H23N3O3. The van der Waals surface area contributed by atoms with Gasteiger partial charge >= 0.3 is 0 Å². The Morgan fingerprint density at radius 2 is 2.13 bits per heavy atom. The molecule has 1 atom stereocenters. The number of nitrogens with one attached hydrogen (secondary N) is 1. The molecule has 6 nitrogen and oxygen atoms in total. The summed E-state index contributed by atoms with van der Waals surface area (Å²) in [4.78, 5) is 13.9. The lowest BCUT2D eigenvalue weighted by atomic mass is 10.1. The number of amides is 1. The van der Waals surface area contributed by atoms with Gasteiger partial charge in [-0.15, -0.1) is 0 Å². The lowest BCUT2D eigenvalue weighted by Crippen LogP contribution is -2.32. The van der Waals surface area contributed by atoms with Crippen molar-refractivity contribution in [3.05, 3.63) is 36.1 Å². The van der Waals surface area contributed by atoms with Crippen LogP contribution in [0.5, 0.6) is 5.75 Å². The number of para-hydroxylation sites is 1. The third-order valence-corrected chi connectivity index (χ3v) is 3.76. The van der Waals surface area contributed by atoms with Crippen LogP contribution in [0.4, 0.5) is 0 Å². The van der Waals surface area contributed by atoms with Crippen LogP contribution < -0.4 is 10.1 Å². The first kappa shape index (κ1) is 17.0. The minimum absolute atomic E-state index is 0.0126. The van der Waals surface area contributed by atoms with E-state index in [0.29, 0.717) is 24.4 Å². The van der Waals surface area contributed by atoms with Gasteiger partial charge in [0, 0.05) is 24.1 Å². The zero-order valence-electron chi connectivity index (χ0n) is 14.0. The zero-order valence-corrected chi connectivity index (χ0v) is 14.0. The molecule has 23 heavy (non-hydrogen) atoms. The van der Waals surface area contributed by atoms with Crippen molar-refractivity contribution in [3.8, 4) is 17.0 Å². The second-order valence-electron chi connectivity index (χ2n) is 5.67. The maximum atomic E-state index is 11.9. The summed E-state index contributed by atoms with van der Waals surface area (Å²) in [7, 11) is 5.52. The Kier molecular flexibility index (Phi) is 5.76. The number of carbonyl (C=O) groups is 1. The Labute approximate surface area is 136 Å². The standard InChI is InChI=1S/C17H23N3O3/c1-12(20(2)3)9-17(21)18-11-13-10-15(19-23-13)14-7-5-6-8-16(14)22-4/h5-8,10,12H,9,11H2,1-4H3,(H,18,21)/t12-/m0/s1. The fraction of sp³-hybridized carbons (Fsp3) is 0.412. The number of nitrogens with zero attached hydrogens (tertiary/aromatic N) is 2. The van der Waals surface area contributed by atoms with Gasteiger partial charge in [-0.1, -0.05) is 17.3 Å². The van der Waals surface area contributed by atoms with E-state index in [4.69, 9.17) is 9.26 Å². The number of ether oxygens (including phenoxy) is 1. The minimum Gasteiger partial charge on any atom is -0.496 e. The van der Waals surface area contributed by atoms with Crippen LogP contribution in [0, 0.1) is 0 Å². The summed E-state index contributed by atoms with van der Waals surface area (Å²) in [6.45, 7) is 2.33. The van der Waals surface area contributed by atoms with Crippen LogP contribution in [0.15, 0.2) is 34.9 Å². The SMILES string of the molecule is COc1ccccc1-c1cc(CNC(=O)C[C@H](C)N(C)C)on1. The Morgan fingerprint density at radius 3 is 2.83 bits per heavy atom. The Morgan fingerprint density at radius 1 is 1.39 bits per heavy atom. The first-order valence-electron chi connectivity index (χ1n) is 7.53. The fourth-order valence-corrected chi connectivity index (χ4v) is 2.09. The second-order valence-corrected chi connectivity index (χ2v) is 5.67. The molecule has 0 bridgehead atoms. The minimum atomic E-state index is -0.0126. The van der Waals surface area contributed by atoms with Gasteiger partial charge in [0.15, 0.2) is 5.76 Å². The van der Waals surface area contributed by atoms with Crippen molar-refractivity contribution in [2.24, 2.45) is 0 Å². The Hall–Kier alpha value is -2.34. The molecule has 0 spiro atoms. The summed E-state index contributed by atoms with van der Waals surface area (Å²) >= 11 is 0. The number of hydrogen-bond donors (Lipinski definition) is 1. The van der Waals surface area contributed by atoms with Crippen molar-refractivity contribution in [1.82, 2.24) is 15.4 Å². The third kappa shape index (κ3) is 4.56. The molecule has 0 aliphatic heterocycles. The maximum Gasteiger partial charge on any atom is 0.221 e. The predicted octanol–water partition coefficient (Wildman–Crippen LogP) is 2.31. The van der Waals surface area contributed by atoms with Gasteiger partial charge in [-0.05, 0) is 33.2 Å². The molecule has 1 aromatic heterocycles. The van der Waals surface area contributed by atoms with Crippen LogP contribution in [-0.2, 0) is 11.3 Å². The second kappa shape index (κ2) is 7.78. The number of hydrogen-bond acceptors (Lipinski definition) is 5. The van der Waals surface area contributed by atoms with E-state index >= 15 is 0 Å². The normalized spacial score (nSPS) is 12.2. The Bertz CT molecular complexity index is 652. The van der Waals surface area contributed by atoms with Crippen molar-refractivity contribution in [3.63, 3.8) is 0 Å². The van der Waals surface area contributed by atoms with Gasteiger partial charge in [-0.25, -0.2) is 0 Å². The lowest BCUT2D eigenvalue weighted by molar-refractivity contribution is -0.122. The van der Waals surface area contributed by atoms with Crippen LogP contribution in [0.3, 0.4) is 0 Å². The molecule has 0 aliphatic rings. The predicted molar refractivity (Wildman–Crippen MR) is 88.1 cm³/mol. The molecule has 1 N–H and O–H groups in total. The molecule has 1 aromatic carbocycles. The Balaban J connectivity index is 1.96. The van der Waals surface area contributed by atoms with E-state index < -0.39 is 0 Å². The molecular weight excluding hydrogens is 294 g/mol. The molecule has 124 valence electrons. The summed E-state index contributed by atoms with van der Waals surface area (Å²) in [6, 6.07) is 9.60. The molecule has 2 aromatic rings. The van der Waals surface area contributed by atoms with E-state index in [-0.39, 0.29) is 11.9 Å². The van der Waals surface area contributed by atoms with Crippen molar-refractivity contribution < 1.29 is 14.1 Å². The number of methoxy groups -OCH3 is 1. The van der Waals surface area contributed by atoms with E-state index in [9.17, 15) is 4.79 Å². The van der Waals surface area contributed by atoms with Gasteiger partial charge in [0.25, 0.3) is 0 Å². The highest BCUT2D eigenvalue weighted by molar-refractivity contribution is 5.76. The summed E-state index contributed by atoms with van der Waals surface area (Å²) in [5.41, 5.74) is 1.55. The molecule has 6 heteroatoms. The highest BCUT2D eigenvalue weighted by Crippen LogP contribution is 2.28. The third-order valence-electron chi connectivity index (χ3n) is 3.76. The molecule has 2 rings (SSSR count). The highest BCUT2D eigenvalue weighted by atomic mass is 16.5. The van der Waals surface area contributed by atoms with Crippen molar-refractivity contribution in [1.29, 1.82) is 0 Å². The number of aromatic nitrogens is 1. The average molecular weight is 317 g/mol. The number of rotatable bonds is 7. The van der Waals surface area contributed by atoms with E-state index in [2.05, 4.69) is 10.5 Å². The summed E-state index contributed by atoms with van der Waals surface area (Å²) in [6.07, 6.45) is 0.445. The topological polar surface area (TPSA) is 67.6 Å². The number of benzene rings is 1. The van der Waals surface area contributed by atoms with Crippen molar-refractivity contribution >= 4 is 5.91 Å². The molecule has 0 radical (unpaired) electrons. The molecule has 0 unspecified atom stereocenters. The van der Waals surface area contributed by atoms with Crippen LogP contribution in [0.25, 0.3) is 11.3 Å². The monoisotopic (exact) mass is 317 g/mol. The van der Waals surface area contributed by atoms with Gasteiger partial charge in [0.2, 0.25) is 5.91 Å².